The quantitative estimate of drug-likeness (QED) is 0.607. The van der Waals surface area contributed by atoms with Gasteiger partial charge >= 0.3 is 0 Å². The molecular formula is C20H24N2O4. The van der Waals surface area contributed by atoms with E-state index >= 15 is 0 Å². The van der Waals surface area contributed by atoms with Gasteiger partial charge in [0.15, 0.2) is 11.5 Å². The van der Waals surface area contributed by atoms with Gasteiger partial charge in [0.1, 0.15) is 11.7 Å². The summed E-state index contributed by atoms with van der Waals surface area (Å²) in [6.45, 7) is 4.74. The van der Waals surface area contributed by atoms with E-state index in [0.29, 0.717) is 13.0 Å². The molecular weight excluding hydrogens is 332 g/mol. The summed E-state index contributed by atoms with van der Waals surface area (Å²) in [5.74, 6) is 1.52. The molecule has 0 bridgehead atoms. The van der Waals surface area contributed by atoms with Gasteiger partial charge in [0.25, 0.3) is 5.69 Å². The fourth-order valence-electron chi connectivity index (χ4n) is 3.30. The second-order valence-electron chi connectivity index (χ2n) is 7.21. The van der Waals surface area contributed by atoms with Crippen molar-refractivity contribution < 1.29 is 14.4 Å². The summed E-state index contributed by atoms with van der Waals surface area (Å²) < 4.78 is 12.3. The standard InChI is InChI=1S/C20H24N2O4/c1-20(2)12-15-7-5-9-18(19(15)26-20)25-17(13-21-3)11-14-6-4-8-16(10-14)22(23)24/h4-10,17,21H,11-13H2,1-3H3. The second-order valence-corrected chi connectivity index (χ2v) is 7.21. The van der Waals surface area contributed by atoms with E-state index in [1.807, 2.05) is 25.2 Å². The smallest absolute Gasteiger partial charge is 0.269 e. The average Bonchev–Trinajstić information content (AvgIpc) is 2.90. The van der Waals surface area contributed by atoms with Gasteiger partial charge in [-0.15, -0.1) is 0 Å². The molecule has 1 N–H and O–H groups in total. The number of nitrogens with zero attached hydrogens (tertiary/aromatic N) is 1. The summed E-state index contributed by atoms with van der Waals surface area (Å²) in [5, 5.41) is 14.1. The lowest BCUT2D eigenvalue weighted by atomic mass is 10.0. The van der Waals surface area contributed by atoms with E-state index in [-0.39, 0.29) is 22.3 Å². The van der Waals surface area contributed by atoms with Gasteiger partial charge in [0.05, 0.1) is 4.92 Å². The predicted octanol–water partition coefficient (Wildman–Crippen LogP) is 3.52. The highest BCUT2D eigenvalue weighted by molar-refractivity contribution is 5.50. The van der Waals surface area contributed by atoms with Crippen LogP contribution >= 0.6 is 0 Å². The molecule has 0 spiro atoms. The van der Waals surface area contributed by atoms with E-state index < -0.39 is 0 Å². The van der Waals surface area contributed by atoms with Gasteiger partial charge in [0, 0.05) is 37.1 Å². The molecule has 1 atom stereocenters. The Labute approximate surface area is 153 Å². The molecule has 1 heterocycles. The molecule has 138 valence electrons. The highest BCUT2D eigenvalue weighted by atomic mass is 16.6. The van der Waals surface area contributed by atoms with Gasteiger partial charge in [-0.2, -0.15) is 0 Å². The molecule has 26 heavy (non-hydrogen) atoms. The molecule has 0 saturated carbocycles. The van der Waals surface area contributed by atoms with Crippen molar-refractivity contribution in [3.05, 3.63) is 63.7 Å². The number of likely N-dealkylation sites (N-methyl/N-ethyl adjacent to an activating group) is 1. The summed E-state index contributed by atoms with van der Waals surface area (Å²) in [6.07, 6.45) is 1.25. The van der Waals surface area contributed by atoms with Crippen molar-refractivity contribution in [2.45, 2.75) is 38.4 Å². The zero-order valence-electron chi connectivity index (χ0n) is 15.3. The molecule has 0 amide bonds. The van der Waals surface area contributed by atoms with E-state index in [0.717, 1.165) is 29.0 Å². The first-order valence-corrected chi connectivity index (χ1v) is 8.73. The van der Waals surface area contributed by atoms with Crippen LogP contribution in [0.25, 0.3) is 0 Å². The van der Waals surface area contributed by atoms with Crippen LogP contribution in [0.4, 0.5) is 5.69 Å². The number of non-ortho nitro benzene ring substituents is 1. The average molecular weight is 356 g/mol. The van der Waals surface area contributed by atoms with Crippen LogP contribution in [0.15, 0.2) is 42.5 Å². The maximum Gasteiger partial charge on any atom is 0.269 e. The third kappa shape index (κ3) is 4.14. The number of rotatable bonds is 7. The number of ether oxygens (including phenoxy) is 2. The summed E-state index contributed by atoms with van der Waals surface area (Å²) in [4.78, 5) is 10.6. The molecule has 0 radical (unpaired) electrons. The van der Waals surface area contributed by atoms with Crippen LogP contribution in [0.1, 0.15) is 25.0 Å². The highest BCUT2D eigenvalue weighted by Gasteiger charge is 2.32. The fraction of sp³-hybridized carbons (Fsp3) is 0.400. The van der Waals surface area contributed by atoms with Crippen molar-refractivity contribution in [3.8, 4) is 11.5 Å². The monoisotopic (exact) mass is 356 g/mol. The van der Waals surface area contributed by atoms with Gasteiger partial charge in [-0.05, 0) is 32.5 Å². The van der Waals surface area contributed by atoms with E-state index in [1.54, 1.807) is 12.1 Å². The number of fused-ring (bicyclic) bond motifs is 1. The Bertz CT molecular complexity index is 804. The Morgan fingerprint density at radius 3 is 2.81 bits per heavy atom. The molecule has 2 aromatic rings. The van der Waals surface area contributed by atoms with Crippen LogP contribution in [0.3, 0.4) is 0 Å². The largest absolute Gasteiger partial charge is 0.485 e. The Morgan fingerprint density at radius 2 is 2.08 bits per heavy atom. The molecule has 6 nitrogen and oxygen atoms in total. The SMILES string of the molecule is CNCC(Cc1cccc([N+](=O)[O-])c1)Oc1cccc2c1OC(C)(C)C2. The normalized spacial score (nSPS) is 15.8. The minimum absolute atomic E-state index is 0.0939. The third-order valence-electron chi connectivity index (χ3n) is 4.37. The van der Waals surface area contributed by atoms with Crippen molar-refractivity contribution in [3.63, 3.8) is 0 Å². The topological polar surface area (TPSA) is 73.6 Å². The van der Waals surface area contributed by atoms with Gasteiger partial charge in [-0.3, -0.25) is 10.1 Å². The van der Waals surface area contributed by atoms with Crippen LogP contribution < -0.4 is 14.8 Å². The summed E-state index contributed by atoms with van der Waals surface area (Å²) in [6, 6.07) is 12.6. The minimum Gasteiger partial charge on any atom is -0.485 e. The van der Waals surface area contributed by atoms with Crippen molar-refractivity contribution in [2.75, 3.05) is 13.6 Å². The van der Waals surface area contributed by atoms with Crippen LogP contribution in [-0.4, -0.2) is 30.2 Å². The molecule has 1 aliphatic heterocycles. The van der Waals surface area contributed by atoms with Gasteiger partial charge in [0.2, 0.25) is 0 Å². The molecule has 6 heteroatoms. The lowest BCUT2D eigenvalue weighted by Gasteiger charge is -2.22. The first-order chi connectivity index (χ1) is 12.4. The van der Waals surface area contributed by atoms with Gasteiger partial charge in [-0.1, -0.05) is 24.3 Å². The summed E-state index contributed by atoms with van der Waals surface area (Å²) in [7, 11) is 1.86. The predicted molar refractivity (Wildman–Crippen MR) is 100.0 cm³/mol. The molecule has 1 unspecified atom stereocenters. The number of nitrogens with one attached hydrogen (secondary N) is 1. The number of nitro benzene ring substituents is 1. The number of benzene rings is 2. The van der Waals surface area contributed by atoms with Crippen molar-refractivity contribution in [2.24, 2.45) is 0 Å². The van der Waals surface area contributed by atoms with Gasteiger partial charge in [-0.25, -0.2) is 0 Å². The molecule has 0 aromatic heterocycles. The Balaban J connectivity index is 1.79. The highest BCUT2D eigenvalue weighted by Crippen LogP contribution is 2.42. The Morgan fingerprint density at radius 1 is 1.31 bits per heavy atom. The van der Waals surface area contributed by atoms with Crippen LogP contribution in [0.2, 0.25) is 0 Å². The van der Waals surface area contributed by atoms with Crippen LogP contribution in [0.5, 0.6) is 11.5 Å². The molecule has 3 rings (SSSR count). The number of hydrogen-bond acceptors (Lipinski definition) is 5. The Hall–Kier alpha value is -2.60. The van der Waals surface area contributed by atoms with E-state index in [1.165, 1.54) is 6.07 Å². The molecule has 0 saturated heterocycles. The van der Waals surface area contributed by atoms with Crippen LogP contribution in [0, 0.1) is 10.1 Å². The van der Waals surface area contributed by atoms with Crippen molar-refractivity contribution in [1.29, 1.82) is 0 Å². The lowest BCUT2D eigenvalue weighted by molar-refractivity contribution is -0.384. The number of hydrogen-bond donors (Lipinski definition) is 1. The lowest BCUT2D eigenvalue weighted by Crippen LogP contribution is -2.31. The maximum absolute atomic E-state index is 11.0. The first kappa shape index (κ1) is 18.2. The molecule has 0 fully saturated rings. The Kier molecular flexibility index (Phi) is 5.13. The first-order valence-electron chi connectivity index (χ1n) is 8.73. The van der Waals surface area contributed by atoms with E-state index in [4.69, 9.17) is 9.47 Å². The zero-order chi connectivity index (χ0) is 18.7. The minimum atomic E-state index is -0.378. The van der Waals surface area contributed by atoms with E-state index in [9.17, 15) is 10.1 Å². The summed E-state index contributed by atoms with van der Waals surface area (Å²) >= 11 is 0. The maximum atomic E-state index is 11.0. The summed E-state index contributed by atoms with van der Waals surface area (Å²) in [5.41, 5.74) is 1.87. The third-order valence-corrected chi connectivity index (χ3v) is 4.37. The molecule has 2 aromatic carbocycles. The molecule has 1 aliphatic rings. The van der Waals surface area contributed by atoms with Crippen LogP contribution in [-0.2, 0) is 12.8 Å². The second kappa shape index (κ2) is 7.33. The number of nitro groups is 1. The van der Waals surface area contributed by atoms with Crippen molar-refractivity contribution >= 4 is 5.69 Å². The zero-order valence-corrected chi connectivity index (χ0v) is 15.3. The van der Waals surface area contributed by atoms with E-state index in [2.05, 4.69) is 25.2 Å². The number of para-hydroxylation sites is 1. The molecule has 0 aliphatic carbocycles. The fourth-order valence-corrected chi connectivity index (χ4v) is 3.30. The van der Waals surface area contributed by atoms with Gasteiger partial charge < -0.3 is 14.8 Å². The van der Waals surface area contributed by atoms with Crippen molar-refractivity contribution in [1.82, 2.24) is 5.32 Å².